The predicted octanol–water partition coefficient (Wildman–Crippen LogP) is 1.84. The number of carbonyl (C=O) groups excluding carboxylic acids is 1. The number of hydrogen-bond acceptors (Lipinski definition) is 4. The van der Waals surface area contributed by atoms with E-state index in [1.807, 2.05) is 6.92 Å². The highest BCUT2D eigenvalue weighted by atomic mass is 31.2. The minimum Gasteiger partial charge on any atom is -0.381 e. The molecule has 0 saturated carbocycles. The first-order chi connectivity index (χ1) is 7.30. The van der Waals surface area contributed by atoms with Crippen LogP contribution in [-0.4, -0.2) is 37.2 Å². The molecule has 0 bridgehead atoms. The number of carbonyl (C=O) groups is 1. The first-order valence-electron chi connectivity index (χ1n) is 5.29. The van der Waals surface area contributed by atoms with E-state index in [1.165, 1.54) is 0 Å². The van der Waals surface area contributed by atoms with Gasteiger partial charge in [0.2, 0.25) is 0 Å². The van der Waals surface area contributed by atoms with E-state index in [4.69, 9.17) is 14.2 Å². The van der Waals surface area contributed by atoms with E-state index in [0.717, 1.165) is 6.66 Å². The summed E-state index contributed by atoms with van der Waals surface area (Å²) in [5.74, 6) is -0.0840. The van der Waals surface area contributed by atoms with E-state index in [2.05, 4.69) is 0 Å². The number of Topliss-reactive ketones (excluding diaryl/α,β-unsaturated/α-hetero) is 1. The first-order valence-corrected chi connectivity index (χ1v) is 7.32. The number of hydrogen-bond donors (Lipinski definition) is 1. The second-order valence-electron chi connectivity index (χ2n) is 3.90. The van der Waals surface area contributed by atoms with E-state index in [-0.39, 0.29) is 24.4 Å². The zero-order valence-corrected chi connectivity index (χ0v) is 11.2. The maximum absolute atomic E-state index is 11.3. The van der Waals surface area contributed by atoms with E-state index >= 15 is 0 Å². The number of methoxy groups -OCH3 is 1. The third-order valence-corrected chi connectivity index (χ3v) is 3.08. The van der Waals surface area contributed by atoms with Gasteiger partial charge in [0, 0.05) is 32.5 Å². The summed E-state index contributed by atoms with van der Waals surface area (Å²) in [4.78, 5) is 20.3. The average molecular weight is 252 g/mol. The van der Waals surface area contributed by atoms with Crippen molar-refractivity contribution in [2.75, 3.05) is 20.4 Å². The summed E-state index contributed by atoms with van der Waals surface area (Å²) in [6, 6.07) is 0. The standard InChI is InChI=1S/C10H21O5P/c1-5-10(11)6-9(8(2)14-3)7-15-16(4,12)13/h8-9H,5-7H2,1-4H3,(H,12,13)/t8-,9-/m1/s1. The zero-order chi connectivity index (χ0) is 12.8. The monoisotopic (exact) mass is 252 g/mol. The predicted molar refractivity (Wildman–Crippen MR) is 61.6 cm³/mol. The molecular weight excluding hydrogens is 231 g/mol. The second kappa shape index (κ2) is 7.17. The van der Waals surface area contributed by atoms with Crippen LogP contribution in [0.1, 0.15) is 26.7 Å². The lowest BCUT2D eigenvalue weighted by atomic mass is 9.97. The third kappa shape index (κ3) is 7.12. The Hall–Kier alpha value is -0.220. The summed E-state index contributed by atoms with van der Waals surface area (Å²) in [7, 11) is -1.95. The molecule has 0 heterocycles. The van der Waals surface area contributed by atoms with Gasteiger partial charge in [-0.3, -0.25) is 9.36 Å². The highest BCUT2D eigenvalue weighted by Gasteiger charge is 2.23. The topological polar surface area (TPSA) is 72.8 Å². The lowest BCUT2D eigenvalue weighted by Crippen LogP contribution is -2.26. The summed E-state index contributed by atoms with van der Waals surface area (Å²) >= 11 is 0. The molecule has 0 aromatic heterocycles. The Kier molecular flexibility index (Phi) is 7.07. The quantitative estimate of drug-likeness (QED) is 0.667. The fourth-order valence-corrected chi connectivity index (χ4v) is 1.69. The van der Waals surface area contributed by atoms with E-state index in [1.54, 1.807) is 14.0 Å². The molecule has 1 unspecified atom stereocenters. The smallest absolute Gasteiger partial charge is 0.325 e. The Labute approximate surface area is 96.7 Å². The van der Waals surface area contributed by atoms with Crippen LogP contribution in [0.15, 0.2) is 0 Å². The molecule has 0 saturated heterocycles. The largest absolute Gasteiger partial charge is 0.381 e. The van der Waals surface area contributed by atoms with Gasteiger partial charge in [-0.05, 0) is 6.92 Å². The third-order valence-electron chi connectivity index (χ3n) is 2.45. The highest BCUT2D eigenvalue weighted by molar-refractivity contribution is 7.51. The molecule has 0 fully saturated rings. The Morgan fingerprint density at radius 3 is 2.44 bits per heavy atom. The van der Waals surface area contributed by atoms with Gasteiger partial charge in [-0.15, -0.1) is 0 Å². The van der Waals surface area contributed by atoms with E-state index in [0.29, 0.717) is 12.8 Å². The Morgan fingerprint density at radius 2 is 2.06 bits per heavy atom. The van der Waals surface area contributed by atoms with Gasteiger partial charge in [0.1, 0.15) is 5.78 Å². The van der Waals surface area contributed by atoms with Crippen LogP contribution in [0.2, 0.25) is 0 Å². The summed E-state index contributed by atoms with van der Waals surface area (Å²) < 4.78 is 21.0. The van der Waals surface area contributed by atoms with Crippen molar-refractivity contribution in [2.24, 2.45) is 5.92 Å². The fourth-order valence-electron chi connectivity index (χ4n) is 1.22. The van der Waals surface area contributed by atoms with Crippen LogP contribution in [0, 0.1) is 5.92 Å². The normalized spacial score (nSPS) is 18.8. The van der Waals surface area contributed by atoms with Crippen LogP contribution in [-0.2, 0) is 18.6 Å². The summed E-state index contributed by atoms with van der Waals surface area (Å²) in [6.07, 6.45) is 0.587. The highest BCUT2D eigenvalue weighted by Crippen LogP contribution is 2.37. The molecular formula is C10H21O5P. The van der Waals surface area contributed by atoms with Crippen LogP contribution in [0.3, 0.4) is 0 Å². The lowest BCUT2D eigenvalue weighted by Gasteiger charge is -2.22. The van der Waals surface area contributed by atoms with Crippen LogP contribution in [0.25, 0.3) is 0 Å². The average Bonchev–Trinajstić information content (AvgIpc) is 2.21. The van der Waals surface area contributed by atoms with Gasteiger partial charge < -0.3 is 14.2 Å². The molecule has 96 valence electrons. The molecule has 0 amide bonds. The maximum Gasteiger partial charge on any atom is 0.325 e. The Morgan fingerprint density at radius 1 is 1.50 bits per heavy atom. The molecule has 5 nitrogen and oxygen atoms in total. The number of ketones is 1. The van der Waals surface area contributed by atoms with Crippen LogP contribution in [0.4, 0.5) is 0 Å². The fraction of sp³-hybridized carbons (Fsp3) is 0.900. The molecule has 6 heteroatoms. The van der Waals surface area contributed by atoms with Crippen molar-refractivity contribution in [1.29, 1.82) is 0 Å². The molecule has 0 rings (SSSR count). The van der Waals surface area contributed by atoms with Crippen LogP contribution >= 0.6 is 7.60 Å². The molecule has 3 atom stereocenters. The van der Waals surface area contributed by atoms with Crippen molar-refractivity contribution >= 4 is 13.4 Å². The van der Waals surface area contributed by atoms with Gasteiger partial charge in [0.05, 0.1) is 12.7 Å². The van der Waals surface area contributed by atoms with Crippen molar-refractivity contribution in [3.63, 3.8) is 0 Å². The molecule has 0 spiro atoms. The summed E-state index contributed by atoms with van der Waals surface area (Å²) in [5, 5.41) is 0. The van der Waals surface area contributed by atoms with Crippen molar-refractivity contribution in [3.8, 4) is 0 Å². The van der Waals surface area contributed by atoms with Gasteiger partial charge in [0.15, 0.2) is 0 Å². The van der Waals surface area contributed by atoms with Crippen molar-refractivity contribution in [3.05, 3.63) is 0 Å². The lowest BCUT2D eigenvalue weighted by molar-refractivity contribution is -0.121. The molecule has 1 N–H and O–H groups in total. The maximum atomic E-state index is 11.3. The molecule has 16 heavy (non-hydrogen) atoms. The Bertz CT molecular complexity index is 260. The number of rotatable bonds is 8. The van der Waals surface area contributed by atoms with Crippen LogP contribution in [0.5, 0.6) is 0 Å². The van der Waals surface area contributed by atoms with Gasteiger partial charge in [-0.2, -0.15) is 0 Å². The minimum atomic E-state index is -3.49. The molecule has 0 aliphatic carbocycles. The van der Waals surface area contributed by atoms with Gasteiger partial charge in [-0.1, -0.05) is 6.92 Å². The Balaban J connectivity index is 4.32. The van der Waals surface area contributed by atoms with Crippen molar-refractivity contribution < 1.29 is 23.5 Å². The van der Waals surface area contributed by atoms with E-state index in [9.17, 15) is 9.36 Å². The van der Waals surface area contributed by atoms with Crippen LogP contribution < -0.4 is 0 Å². The van der Waals surface area contributed by atoms with Gasteiger partial charge in [-0.25, -0.2) is 0 Å². The zero-order valence-electron chi connectivity index (χ0n) is 10.3. The van der Waals surface area contributed by atoms with E-state index < -0.39 is 7.60 Å². The van der Waals surface area contributed by atoms with Gasteiger partial charge in [0.25, 0.3) is 0 Å². The molecule has 0 radical (unpaired) electrons. The molecule has 0 aliphatic heterocycles. The summed E-state index contributed by atoms with van der Waals surface area (Å²) in [5.41, 5.74) is 0. The first kappa shape index (κ1) is 15.8. The molecule has 0 aromatic rings. The SMILES string of the molecule is CCC(=O)C[C@H](COP(C)(=O)O)[C@@H](C)OC. The number of ether oxygens (including phenoxy) is 1. The van der Waals surface area contributed by atoms with Crippen molar-refractivity contribution in [1.82, 2.24) is 0 Å². The van der Waals surface area contributed by atoms with Crippen molar-refractivity contribution in [2.45, 2.75) is 32.8 Å². The van der Waals surface area contributed by atoms with Gasteiger partial charge >= 0.3 is 7.60 Å². The molecule has 0 aromatic carbocycles. The minimum absolute atomic E-state index is 0.0605. The molecule has 0 aliphatic rings. The summed E-state index contributed by atoms with van der Waals surface area (Å²) in [6.45, 7) is 4.79. The second-order valence-corrected chi connectivity index (χ2v) is 5.76.